The molecule has 0 saturated carbocycles. The Balaban J connectivity index is 3.86. The summed E-state index contributed by atoms with van der Waals surface area (Å²) in [4.78, 5) is 20.9. The molecule has 0 heterocycles. The second-order valence-corrected chi connectivity index (χ2v) is 3.89. The van der Waals surface area contributed by atoms with E-state index in [0.29, 0.717) is 13.2 Å². The van der Waals surface area contributed by atoms with Gasteiger partial charge >= 0.3 is 11.9 Å². The Bertz CT molecular complexity index is 213. The highest BCUT2D eigenvalue weighted by molar-refractivity contribution is 6.31. The molecule has 1 amide bonds. The Kier molecular flexibility index (Phi) is 5.15. The molecule has 0 aromatic heterocycles. The Labute approximate surface area is 83.4 Å². The van der Waals surface area contributed by atoms with E-state index >= 15 is 0 Å². The molecule has 2 N–H and O–H groups in total. The minimum Gasteiger partial charge on any atom is -0.474 e. The highest BCUT2D eigenvalue weighted by Gasteiger charge is 2.20. The first-order valence-corrected chi connectivity index (χ1v) is 4.39. The van der Waals surface area contributed by atoms with Crippen LogP contribution in [0.2, 0.25) is 0 Å². The summed E-state index contributed by atoms with van der Waals surface area (Å²) < 4.78 is 4.90. The quantitative estimate of drug-likeness (QED) is 0.628. The molecule has 0 aliphatic rings. The van der Waals surface area contributed by atoms with Crippen LogP contribution in [0.3, 0.4) is 0 Å². The number of hydrogen-bond acceptors (Lipinski definition) is 3. The molecule has 0 radical (unpaired) electrons. The number of rotatable bonds is 5. The number of amides is 1. The van der Waals surface area contributed by atoms with E-state index in [1.165, 1.54) is 0 Å². The van der Waals surface area contributed by atoms with Crippen molar-refractivity contribution >= 4 is 11.9 Å². The summed E-state index contributed by atoms with van der Waals surface area (Å²) in [5.74, 6) is -2.41. The number of carboxylic acid groups (broad SMARTS) is 1. The van der Waals surface area contributed by atoms with Crippen LogP contribution in [-0.4, -0.2) is 37.2 Å². The molecule has 0 saturated heterocycles. The summed E-state index contributed by atoms with van der Waals surface area (Å²) in [5, 5.41) is 10.7. The van der Waals surface area contributed by atoms with Crippen molar-refractivity contribution < 1.29 is 19.4 Å². The van der Waals surface area contributed by atoms with Gasteiger partial charge in [0.25, 0.3) is 0 Å². The highest BCUT2D eigenvalue weighted by Crippen LogP contribution is 2.18. The van der Waals surface area contributed by atoms with Crippen LogP contribution in [0, 0.1) is 5.41 Å². The fourth-order valence-electron chi connectivity index (χ4n) is 0.862. The Morgan fingerprint density at radius 1 is 1.43 bits per heavy atom. The lowest BCUT2D eigenvalue weighted by atomic mass is 9.90. The largest absolute Gasteiger partial charge is 0.474 e. The lowest BCUT2D eigenvalue weighted by molar-refractivity contribution is -0.150. The van der Waals surface area contributed by atoms with Crippen LogP contribution in [0.1, 0.15) is 20.3 Å². The van der Waals surface area contributed by atoms with Crippen molar-refractivity contribution in [1.82, 2.24) is 5.32 Å². The smallest absolute Gasteiger partial charge is 0.394 e. The molecule has 0 bridgehead atoms. The summed E-state index contributed by atoms with van der Waals surface area (Å²) in [7, 11) is 1.60. The van der Waals surface area contributed by atoms with E-state index < -0.39 is 11.9 Å². The van der Waals surface area contributed by atoms with Gasteiger partial charge in [-0.3, -0.25) is 4.79 Å². The van der Waals surface area contributed by atoms with Gasteiger partial charge in [-0.1, -0.05) is 13.8 Å². The van der Waals surface area contributed by atoms with E-state index in [1.807, 2.05) is 13.8 Å². The third-order valence-corrected chi connectivity index (χ3v) is 1.90. The first-order valence-electron chi connectivity index (χ1n) is 4.39. The number of carbonyl (C=O) groups excluding carboxylic acids is 1. The molecular formula is C9H17NO4. The Morgan fingerprint density at radius 2 is 2.00 bits per heavy atom. The zero-order valence-electron chi connectivity index (χ0n) is 8.79. The van der Waals surface area contributed by atoms with Crippen LogP contribution in [0.15, 0.2) is 0 Å². The third kappa shape index (κ3) is 5.53. The van der Waals surface area contributed by atoms with Crippen molar-refractivity contribution in [3.63, 3.8) is 0 Å². The molecule has 5 heteroatoms. The number of nitrogens with one attached hydrogen (secondary N) is 1. The summed E-state index contributed by atoms with van der Waals surface area (Å²) >= 11 is 0. The van der Waals surface area contributed by atoms with Gasteiger partial charge < -0.3 is 15.2 Å². The molecule has 0 aliphatic carbocycles. The van der Waals surface area contributed by atoms with Crippen molar-refractivity contribution in [1.29, 1.82) is 0 Å². The van der Waals surface area contributed by atoms with Gasteiger partial charge in [-0.2, -0.15) is 0 Å². The van der Waals surface area contributed by atoms with Crippen molar-refractivity contribution in [2.24, 2.45) is 5.41 Å². The van der Waals surface area contributed by atoms with Crippen molar-refractivity contribution in [2.75, 3.05) is 20.3 Å². The van der Waals surface area contributed by atoms with Crippen LogP contribution >= 0.6 is 0 Å². The average Bonchev–Trinajstić information content (AvgIpc) is 2.11. The van der Waals surface area contributed by atoms with Crippen LogP contribution < -0.4 is 5.32 Å². The van der Waals surface area contributed by atoms with Crippen molar-refractivity contribution in [3.05, 3.63) is 0 Å². The summed E-state index contributed by atoms with van der Waals surface area (Å²) in [6.07, 6.45) is 0.767. The number of ether oxygens (including phenoxy) is 1. The van der Waals surface area contributed by atoms with E-state index in [0.717, 1.165) is 6.42 Å². The number of carboxylic acids is 1. The van der Waals surface area contributed by atoms with Gasteiger partial charge in [0, 0.05) is 20.3 Å². The van der Waals surface area contributed by atoms with Gasteiger partial charge in [0.15, 0.2) is 0 Å². The molecule has 82 valence electrons. The van der Waals surface area contributed by atoms with Gasteiger partial charge in [0.05, 0.1) is 0 Å². The second-order valence-electron chi connectivity index (χ2n) is 3.89. The maximum absolute atomic E-state index is 10.7. The zero-order chi connectivity index (χ0) is 11.2. The lowest BCUT2D eigenvalue weighted by Gasteiger charge is -2.23. The molecule has 5 nitrogen and oxygen atoms in total. The molecule has 0 aromatic rings. The molecule has 0 aliphatic heterocycles. The Hall–Kier alpha value is -1.10. The van der Waals surface area contributed by atoms with E-state index in [-0.39, 0.29) is 5.41 Å². The molecule has 0 unspecified atom stereocenters. The minimum atomic E-state index is -1.45. The number of aliphatic carboxylic acids is 1. The monoisotopic (exact) mass is 203 g/mol. The van der Waals surface area contributed by atoms with E-state index in [1.54, 1.807) is 7.11 Å². The molecule has 0 spiro atoms. The normalized spacial score (nSPS) is 11.1. The Morgan fingerprint density at radius 3 is 2.43 bits per heavy atom. The standard InChI is InChI=1S/C9H17NO4/c1-9(2,4-5-14-3)6-10-7(11)8(12)13/h4-6H2,1-3H3,(H,10,11)(H,12,13). The predicted molar refractivity (Wildman–Crippen MR) is 50.9 cm³/mol. The number of carbonyl (C=O) groups is 2. The molecule has 0 fully saturated rings. The van der Waals surface area contributed by atoms with Crippen LogP contribution in [-0.2, 0) is 14.3 Å². The summed E-state index contributed by atoms with van der Waals surface area (Å²) in [6, 6.07) is 0. The maximum Gasteiger partial charge on any atom is 0.394 e. The van der Waals surface area contributed by atoms with Gasteiger partial charge in [0.1, 0.15) is 0 Å². The van der Waals surface area contributed by atoms with Gasteiger partial charge in [-0.25, -0.2) is 4.79 Å². The molecular weight excluding hydrogens is 186 g/mol. The van der Waals surface area contributed by atoms with Gasteiger partial charge in [-0.05, 0) is 11.8 Å². The molecule has 0 atom stereocenters. The van der Waals surface area contributed by atoms with Gasteiger partial charge in [0.2, 0.25) is 0 Å². The van der Waals surface area contributed by atoms with E-state index in [2.05, 4.69) is 5.32 Å². The first-order chi connectivity index (χ1) is 6.39. The zero-order valence-corrected chi connectivity index (χ0v) is 8.79. The SMILES string of the molecule is COCCC(C)(C)CNC(=O)C(=O)O. The summed E-state index contributed by atoms with van der Waals surface area (Å²) in [5.41, 5.74) is -0.152. The van der Waals surface area contributed by atoms with Crippen LogP contribution in [0.4, 0.5) is 0 Å². The number of methoxy groups -OCH3 is 1. The fraction of sp³-hybridized carbons (Fsp3) is 0.778. The average molecular weight is 203 g/mol. The number of hydrogen-bond donors (Lipinski definition) is 2. The molecule has 0 aromatic carbocycles. The summed E-state index contributed by atoms with van der Waals surface area (Å²) in [6.45, 7) is 4.81. The van der Waals surface area contributed by atoms with Crippen LogP contribution in [0.5, 0.6) is 0 Å². The van der Waals surface area contributed by atoms with Crippen LogP contribution in [0.25, 0.3) is 0 Å². The van der Waals surface area contributed by atoms with Gasteiger partial charge in [-0.15, -0.1) is 0 Å². The minimum absolute atomic E-state index is 0.152. The molecule has 0 rings (SSSR count). The lowest BCUT2D eigenvalue weighted by Crippen LogP contribution is -2.38. The second kappa shape index (κ2) is 5.59. The van der Waals surface area contributed by atoms with Crippen molar-refractivity contribution in [3.8, 4) is 0 Å². The highest BCUT2D eigenvalue weighted by atomic mass is 16.5. The topological polar surface area (TPSA) is 75.6 Å². The first kappa shape index (κ1) is 12.9. The fourth-order valence-corrected chi connectivity index (χ4v) is 0.862. The van der Waals surface area contributed by atoms with E-state index in [9.17, 15) is 9.59 Å². The predicted octanol–water partition coefficient (Wildman–Crippen LogP) is 0.250. The third-order valence-electron chi connectivity index (χ3n) is 1.90. The maximum atomic E-state index is 10.7. The molecule has 14 heavy (non-hydrogen) atoms. The van der Waals surface area contributed by atoms with Crippen molar-refractivity contribution in [2.45, 2.75) is 20.3 Å². The van der Waals surface area contributed by atoms with E-state index in [4.69, 9.17) is 9.84 Å².